The summed E-state index contributed by atoms with van der Waals surface area (Å²) in [6.45, 7) is 3.49. The predicted octanol–water partition coefficient (Wildman–Crippen LogP) is 11.3. The lowest BCUT2D eigenvalue weighted by atomic mass is 9.99. The Morgan fingerprint density at radius 1 is 0.571 bits per heavy atom. The quantitative estimate of drug-likeness (QED) is 0.0251. The third kappa shape index (κ3) is 34.1. The number of unbranched alkanes of at least 4 members (excludes halogenated alkanes) is 34. The molecule has 63 heavy (non-hydrogen) atoms. The molecule has 0 aliphatic carbocycles. The van der Waals surface area contributed by atoms with E-state index in [1.165, 1.54) is 180 Å². The van der Waals surface area contributed by atoms with Gasteiger partial charge in [0, 0.05) is 6.42 Å². The smallest absolute Gasteiger partial charge is 0.394 e. The first-order valence-electron chi connectivity index (χ1n) is 26.4. The first kappa shape index (κ1) is 60.1. The fourth-order valence-corrected chi connectivity index (χ4v) is 9.32. The van der Waals surface area contributed by atoms with Crippen molar-refractivity contribution in [3.63, 3.8) is 0 Å². The van der Waals surface area contributed by atoms with Crippen LogP contribution in [-0.4, -0.2) is 95.4 Å². The molecule has 1 rings (SSSR count). The number of hydrogen-bond acceptors (Lipinski definition) is 10. The van der Waals surface area contributed by atoms with E-state index >= 15 is 0 Å². The summed E-state index contributed by atoms with van der Waals surface area (Å²) in [7, 11) is -5.07. The molecule has 0 bridgehead atoms. The molecule has 6 N–H and O–H groups in total. The molecular weight excluding hydrogens is 823 g/mol. The highest BCUT2D eigenvalue weighted by molar-refractivity contribution is 7.80. The minimum absolute atomic E-state index is 0.224. The molecular formula is C50H99NO11S. The Hall–Kier alpha value is -0.900. The van der Waals surface area contributed by atoms with E-state index in [1.807, 2.05) is 0 Å². The van der Waals surface area contributed by atoms with Crippen LogP contribution in [0.5, 0.6) is 0 Å². The molecule has 12 nitrogen and oxygen atoms in total. The maximum absolute atomic E-state index is 13.1. The topological polar surface area (TPSA) is 192 Å². The molecule has 1 aliphatic rings. The summed E-state index contributed by atoms with van der Waals surface area (Å²) in [6.07, 6.45) is 36.7. The summed E-state index contributed by atoms with van der Waals surface area (Å²) in [5, 5.41) is 45.0. The lowest BCUT2D eigenvalue weighted by Crippen LogP contribution is -2.61. The van der Waals surface area contributed by atoms with E-state index in [4.69, 9.17) is 9.47 Å². The summed E-state index contributed by atoms with van der Waals surface area (Å²) in [4.78, 5) is 13.1. The molecule has 376 valence electrons. The molecule has 1 fully saturated rings. The number of ether oxygens (including phenoxy) is 2. The van der Waals surface area contributed by atoms with E-state index in [1.54, 1.807) is 0 Å². The highest BCUT2D eigenvalue weighted by Crippen LogP contribution is 2.26. The maximum Gasteiger partial charge on any atom is 0.397 e. The molecule has 0 aromatic carbocycles. The highest BCUT2D eigenvalue weighted by atomic mass is 32.3. The average molecular weight is 922 g/mol. The van der Waals surface area contributed by atoms with Crippen molar-refractivity contribution in [2.45, 2.75) is 301 Å². The van der Waals surface area contributed by atoms with Crippen LogP contribution < -0.4 is 5.32 Å². The van der Waals surface area contributed by atoms with Gasteiger partial charge < -0.3 is 35.2 Å². The SMILES string of the molecule is CCCCCCCCCCCCCCCCCCCCCC(=O)NC(COC1OC(CO)C(O)C(OS(=O)(=O)O)C1O)C(O)CCCCCCCCCCCCCCCCCCC. The van der Waals surface area contributed by atoms with Gasteiger partial charge in [0.05, 0.1) is 25.4 Å². The Morgan fingerprint density at radius 3 is 1.27 bits per heavy atom. The zero-order chi connectivity index (χ0) is 46.2. The standard InChI is InChI=1S/C50H99NO11S/c1-3-5-7-9-11-13-15-17-19-21-22-24-26-28-30-32-34-36-38-40-46(54)51-43(42-60-50-48(56)49(62-63(57,58)59)47(55)45(41-52)61-50)44(53)39-37-35-33-31-29-27-25-23-20-18-16-14-12-10-8-6-4-2/h43-45,47-50,52-53,55-56H,3-42H2,1-2H3,(H,51,54)(H,57,58,59). The van der Waals surface area contributed by atoms with Gasteiger partial charge >= 0.3 is 10.4 Å². The number of aliphatic hydroxyl groups is 4. The van der Waals surface area contributed by atoms with Gasteiger partial charge in [0.1, 0.15) is 24.4 Å². The third-order valence-corrected chi connectivity index (χ3v) is 13.4. The summed E-state index contributed by atoms with van der Waals surface area (Å²) in [5.74, 6) is -0.224. The number of carbonyl (C=O) groups is 1. The van der Waals surface area contributed by atoms with E-state index in [-0.39, 0.29) is 12.5 Å². The molecule has 1 amide bonds. The van der Waals surface area contributed by atoms with Gasteiger partial charge in [0.25, 0.3) is 0 Å². The van der Waals surface area contributed by atoms with Crippen molar-refractivity contribution in [1.82, 2.24) is 5.32 Å². The van der Waals surface area contributed by atoms with Crippen molar-refractivity contribution < 1.29 is 51.8 Å². The number of amides is 1. The molecule has 0 saturated carbocycles. The van der Waals surface area contributed by atoms with Crippen LogP contribution in [0.4, 0.5) is 0 Å². The number of carbonyl (C=O) groups excluding carboxylic acids is 1. The van der Waals surface area contributed by atoms with Gasteiger partial charge in [-0.15, -0.1) is 0 Å². The van der Waals surface area contributed by atoms with Gasteiger partial charge in [-0.2, -0.15) is 8.42 Å². The third-order valence-electron chi connectivity index (χ3n) is 12.9. The summed E-state index contributed by atoms with van der Waals surface area (Å²) in [6, 6.07) is -0.852. The predicted molar refractivity (Wildman–Crippen MR) is 255 cm³/mol. The number of rotatable bonds is 46. The van der Waals surface area contributed by atoms with Crippen LogP contribution in [0.3, 0.4) is 0 Å². The average Bonchev–Trinajstić information content (AvgIpc) is 3.25. The van der Waals surface area contributed by atoms with Crippen molar-refractivity contribution in [3.05, 3.63) is 0 Å². The van der Waals surface area contributed by atoms with Crippen molar-refractivity contribution in [1.29, 1.82) is 0 Å². The molecule has 0 spiro atoms. The molecule has 0 aromatic rings. The summed E-state index contributed by atoms with van der Waals surface area (Å²) >= 11 is 0. The first-order chi connectivity index (χ1) is 30.5. The lowest BCUT2D eigenvalue weighted by Gasteiger charge is -2.41. The number of aliphatic hydroxyl groups excluding tert-OH is 4. The van der Waals surface area contributed by atoms with E-state index in [0.29, 0.717) is 12.8 Å². The zero-order valence-corrected chi connectivity index (χ0v) is 41.2. The van der Waals surface area contributed by atoms with Gasteiger partial charge in [0.15, 0.2) is 6.29 Å². The lowest BCUT2D eigenvalue weighted by molar-refractivity contribution is -0.298. The van der Waals surface area contributed by atoms with E-state index in [0.717, 1.165) is 51.4 Å². The first-order valence-corrected chi connectivity index (χ1v) is 27.8. The molecule has 0 aromatic heterocycles. The summed E-state index contributed by atoms with van der Waals surface area (Å²) < 4.78 is 47.8. The minimum atomic E-state index is -5.07. The molecule has 1 aliphatic heterocycles. The van der Waals surface area contributed by atoms with Crippen LogP contribution in [0.1, 0.15) is 258 Å². The van der Waals surface area contributed by atoms with Crippen LogP contribution in [0.25, 0.3) is 0 Å². The molecule has 7 unspecified atom stereocenters. The van der Waals surface area contributed by atoms with Crippen LogP contribution in [-0.2, 0) is 28.9 Å². The highest BCUT2D eigenvalue weighted by Gasteiger charge is 2.48. The Kier molecular flexibility index (Phi) is 39.4. The van der Waals surface area contributed by atoms with Crippen molar-refractivity contribution >= 4 is 16.3 Å². The zero-order valence-electron chi connectivity index (χ0n) is 40.4. The Labute approximate surface area is 386 Å². The number of hydrogen-bond donors (Lipinski definition) is 6. The maximum atomic E-state index is 13.1. The molecule has 7 atom stereocenters. The van der Waals surface area contributed by atoms with E-state index in [2.05, 4.69) is 23.3 Å². The van der Waals surface area contributed by atoms with Gasteiger partial charge in [-0.1, -0.05) is 239 Å². The second-order valence-corrected chi connectivity index (χ2v) is 19.9. The van der Waals surface area contributed by atoms with Gasteiger partial charge in [0.2, 0.25) is 5.91 Å². The van der Waals surface area contributed by atoms with E-state index < -0.39 is 59.9 Å². The Bertz CT molecular complexity index is 1130. The Balaban J connectivity index is 2.40. The minimum Gasteiger partial charge on any atom is -0.394 e. The van der Waals surface area contributed by atoms with Crippen LogP contribution in [0.2, 0.25) is 0 Å². The van der Waals surface area contributed by atoms with Crippen LogP contribution in [0.15, 0.2) is 0 Å². The molecule has 13 heteroatoms. The molecule has 1 saturated heterocycles. The fourth-order valence-electron chi connectivity index (χ4n) is 8.81. The van der Waals surface area contributed by atoms with Crippen molar-refractivity contribution in [2.75, 3.05) is 13.2 Å². The summed E-state index contributed by atoms with van der Waals surface area (Å²) in [5.41, 5.74) is 0. The van der Waals surface area contributed by atoms with Gasteiger partial charge in [-0.3, -0.25) is 9.35 Å². The van der Waals surface area contributed by atoms with Crippen LogP contribution >= 0.6 is 0 Å². The second-order valence-electron chi connectivity index (χ2n) is 18.8. The van der Waals surface area contributed by atoms with Gasteiger partial charge in [-0.05, 0) is 12.8 Å². The normalized spacial score (nSPS) is 20.3. The second kappa shape index (κ2) is 41.3. The largest absolute Gasteiger partial charge is 0.397 e. The van der Waals surface area contributed by atoms with E-state index in [9.17, 15) is 38.2 Å². The fraction of sp³-hybridized carbons (Fsp3) is 0.980. The molecule has 1 heterocycles. The molecule has 0 radical (unpaired) electrons. The van der Waals surface area contributed by atoms with Crippen LogP contribution in [0, 0.1) is 0 Å². The monoisotopic (exact) mass is 922 g/mol. The Morgan fingerprint density at radius 2 is 0.921 bits per heavy atom. The van der Waals surface area contributed by atoms with Crippen molar-refractivity contribution in [3.8, 4) is 0 Å². The van der Waals surface area contributed by atoms with Gasteiger partial charge in [-0.25, -0.2) is 4.18 Å². The van der Waals surface area contributed by atoms with Crippen molar-refractivity contribution in [2.24, 2.45) is 0 Å². The number of nitrogens with one attached hydrogen (secondary N) is 1.